The van der Waals surface area contributed by atoms with Gasteiger partial charge in [0, 0.05) is 23.5 Å². The molecule has 5 heterocycles. The average Bonchev–Trinajstić information content (AvgIpc) is 3.63. The quantitative estimate of drug-likeness (QED) is 0.230. The zero-order valence-electron chi connectivity index (χ0n) is 21.5. The number of ether oxygens (including phenoxy) is 3. The highest BCUT2D eigenvalue weighted by atomic mass is 32.2. The number of nitrogens with zero attached hydrogens (tertiary/aromatic N) is 3. The maximum atomic E-state index is 12.6. The molecule has 0 aliphatic carbocycles. The Labute approximate surface area is 227 Å². The second-order valence-electron chi connectivity index (χ2n) is 10.0. The molecule has 0 radical (unpaired) electrons. The van der Waals surface area contributed by atoms with Gasteiger partial charge in [-0.25, -0.2) is 9.71 Å². The minimum absolute atomic E-state index is 0.0464. The molecule has 212 valence electrons. The Balaban J connectivity index is 1.13. The summed E-state index contributed by atoms with van der Waals surface area (Å²) in [6.07, 6.45) is 0.188. The highest BCUT2D eigenvalue weighted by molar-refractivity contribution is 7.85. The maximum Gasteiger partial charge on any atom is 0.362 e. The molecule has 6 rings (SSSR count). The predicted octanol–water partition coefficient (Wildman–Crippen LogP) is 0.611. The Bertz CT molecular complexity index is 1760. The highest BCUT2D eigenvalue weighted by Gasteiger charge is 2.56. The van der Waals surface area contributed by atoms with E-state index >= 15 is 0 Å². The Kier molecular flexibility index (Phi) is 6.38. The molecule has 0 bridgehead atoms. The minimum Gasteiger partial charge on any atom is -0.369 e. The van der Waals surface area contributed by atoms with Gasteiger partial charge in [0.2, 0.25) is 11.9 Å². The average molecular weight is 574 g/mol. The molecular formula is C24H27N7O8S. The van der Waals surface area contributed by atoms with Gasteiger partial charge in [-0.05, 0) is 31.9 Å². The zero-order valence-corrected chi connectivity index (χ0v) is 22.3. The van der Waals surface area contributed by atoms with Crippen molar-refractivity contribution < 1.29 is 31.6 Å². The monoisotopic (exact) mass is 573 g/mol. The summed E-state index contributed by atoms with van der Waals surface area (Å²) in [5.74, 6) is -1.83. The number of para-hydroxylation sites is 1. The van der Waals surface area contributed by atoms with Crippen molar-refractivity contribution in [2.24, 2.45) is 0 Å². The third kappa shape index (κ3) is 4.95. The van der Waals surface area contributed by atoms with Crippen LogP contribution in [-0.2, 0) is 39.9 Å². The van der Waals surface area contributed by atoms with E-state index in [9.17, 15) is 18.0 Å². The number of anilines is 1. The third-order valence-corrected chi connectivity index (χ3v) is 7.70. The lowest BCUT2D eigenvalue weighted by Crippen LogP contribution is -2.37. The number of aromatic nitrogens is 5. The van der Waals surface area contributed by atoms with Gasteiger partial charge in [-0.1, -0.05) is 18.2 Å². The summed E-state index contributed by atoms with van der Waals surface area (Å²) in [6.45, 7) is 2.95. The first-order chi connectivity index (χ1) is 19.0. The molecule has 40 heavy (non-hydrogen) atoms. The van der Waals surface area contributed by atoms with Crippen LogP contribution in [0.1, 0.15) is 32.1 Å². The molecule has 16 heteroatoms. The lowest BCUT2D eigenvalue weighted by atomic mass is 10.1. The van der Waals surface area contributed by atoms with Gasteiger partial charge in [0.1, 0.15) is 18.3 Å². The Morgan fingerprint density at radius 1 is 1.25 bits per heavy atom. The first-order valence-electron chi connectivity index (χ1n) is 12.5. The number of amides is 1. The number of fused-ring (bicyclic) bond motifs is 3. The number of nitrogens with one attached hydrogen (secondary N) is 3. The van der Waals surface area contributed by atoms with Gasteiger partial charge < -0.3 is 24.9 Å². The molecule has 1 amide bonds. The maximum absolute atomic E-state index is 12.6. The molecule has 3 aromatic heterocycles. The van der Waals surface area contributed by atoms with Crippen LogP contribution >= 0.6 is 0 Å². The number of nitrogens with two attached hydrogens (primary N) is 1. The van der Waals surface area contributed by atoms with E-state index in [1.807, 2.05) is 29.0 Å². The van der Waals surface area contributed by atoms with E-state index in [1.54, 1.807) is 20.0 Å². The summed E-state index contributed by atoms with van der Waals surface area (Å²) in [7, 11) is -4.45. The van der Waals surface area contributed by atoms with E-state index in [4.69, 9.17) is 24.1 Å². The largest absolute Gasteiger partial charge is 0.369 e. The number of aryl methyl sites for hydroxylation is 1. The van der Waals surface area contributed by atoms with Crippen molar-refractivity contribution in [3.8, 4) is 0 Å². The number of nitrogen functional groups attached to an aromatic ring is 1. The molecule has 1 aromatic carbocycles. The van der Waals surface area contributed by atoms with Crippen LogP contribution in [0.5, 0.6) is 0 Å². The van der Waals surface area contributed by atoms with E-state index in [-0.39, 0.29) is 23.5 Å². The van der Waals surface area contributed by atoms with Crippen molar-refractivity contribution in [2.45, 2.75) is 57.0 Å². The van der Waals surface area contributed by atoms with E-state index < -0.39 is 58.7 Å². The topological polar surface area (TPSA) is 206 Å². The fourth-order valence-corrected chi connectivity index (χ4v) is 5.86. The molecule has 2 saturated heterocycles. The standard InChI is InChI=1S/C24H27N7O8S/c1-24(2)38-18-15(37-22(19(18)39-24)31-11-27-17-20(31)28-23(25)29-21(17)33)10-36-40(34,35)30-16(32)8-7-12-9-26-14-6-4-3-5-13(12)14/h3-6,9,11,15,18-19,22,26H,7-8,10H2,1-2H3,(H,30,32)(H3,25,28,29,33)/t15-,18+,19+,22-/m1/s1. The molecule has 2 fully saturated rings. The number of carbonyl (C=O) groups is 1. The lowest BCUT2D eigenvalue weighted by molar-refractivity contribution is -0.198. The molecule has 4 atom stereocenters. The Hall–Kier alpha value is -3.83. The Morgan fingerprint density at radius 3 is 2.85 bits per heavy atom. The first kappa shape index (κ1) is 26.4. The van der Waals surface area contributed by atoms with Crippen LogP contribution in [0.15, 0.2) is 41.6 Å². The molecule has 0 spiro atoms. The Morgan fingerprint density at radius 2 is 2.02 bits per heavy atom. The second kappa shape index (κ2) is 9.67. The smallest absolute Gasteiger partial charge is 0.362 e. The lowest BCUT2D eigenvalue weighted by Gasteiger charge is -2.24. The van der Waals surface area contributed by atoms with Gasteiger partial charge >= 0.3 is 10.3 Å². The number of hydrogen-bond donors (Lipinski definition) is 4. The zero-order chi connectivity index (χ0) is 28.2. The van der Waals surface area contributed by atoms with E-state index in [0.717, 1.165) is 16.5 Å². The van der Waals surface area contributed by atoms with E-state index in [1.165, 1.54) is 10.9 Å². The van der Waals surface area contributed by atoms with Crippen LogP contribution in [0.4, 0.5) is 5.95 Å². The minimum atomic E-state index is -4.45. The number of aromatic amines is 2. The summed E-state index contributed by atoms with van der Waals surface area (Å²) in [4.78, 5) is 38.4. The molecule has 0 saturated carbocycles. The number of imidazole rings is 1. The second-order valence-corrected chi connectivity index (χ2v) is 11.4. The normalized spacial score (nSPS) is 24.1. The van der Waals surface area contributed by atoms with Crippen molar-refractivity contribution in [3.05, 3.63) is 52.7 Å². The molecule has 0 unspecified atom stereocenters. The molecular weight excluding hydrogens is 546 g/mol. The number of H-pyrrole nitrogens is 2. The van der Waals surface area contributed by atoms with Crippen LogP contribution < -0.4 is 16.0 Å². The highest BCUT2D eigenvalue weighted by Crippen LogP contribution is 2.43. The first-order valence-corrected chi connectivity index (χ1v) is 13.9. The van der Waals surface area contributed by atoms with Gasteiger partial charge in [-0.15, -0.1) is 0 Å². The molecule has 2 aliphatic rings. The number of carbonyl (C=O) groups excluding carboxylic acids is 1. The van der Waals surface area contributed by atoms with Crippen molar-refractivity contribution in [1.82, 2.24) is 29.2 Å². The number of rotatable bonds is 8. The third-order valence-electron chi connectivity index (χ3n) is 6.77. The fraction of sp³-hybridized carbons (Fsp3) is 0.417. The van der Waals surface area contributed by atoms with Crippen molar-refractivity contribution in [3.63, 3.8) is 0 Å². The van der Waals surface area contributed by atoms with Gasteiger partial charge in [0.15, 0.2) is 23.2 Å². The fourth-order valence-electron chi connectivity index (χ4n) is 5.11. The van der Waals surface area contributed by atoms with Gasteiger partial charge in [-0.2, -0.15) is 13.4 Å². The van der Waals surface area contributed by atoms with E-state index in [0.29, 0.717) is 6.42 Å². The van der Waals surface area contributed by atoms with Gasteiger partial charge in [0.05, 0.1) is 12.9 Å². The van der Waals surface area contributed by atoms with E-state index in [2.05, 4.69) is 19.9 Å². The summed E-state index contributed by atoms with van der Waals surface area (Å²) < 4.78 is 51.8. The van der Waals surface area contributed by atoms with Crippen molar-refractivity contribution >= 4 is 44.2 Å². The van der Waals surface area contributed by atoms with Crippen LogP contribution in [0, 0.1) is 0 Å². The summed E-state index contributed by atoms with van der Waals surface area (Å²) in [5, 5.41) is 0.965. The van der Waals surface area contributed by atoms with Gasteiger partial charge in [0.25, 0.3) is 5.56 Å². The molecule has 5 N–H and O–H groups in total. The van der Waals surface area contributed by atoms with Crippen LogP contribution in [-0.4, -0.2) is 69.5 Å². The van der Waals surface area contributed by atoms with Crippen LogP contribution in [0.25, 0.3) is 22.1 Å². The number of hydrogen-bond acceptors (Lipinski definition) is 11. The van der Waals surface area contributed by atoms with Crippen molar-refractivity contribution in [2.75, 3.05) is 12.3 Å². The van der Waals surface area contributed by atoms with Crippen LogP contribution in [0.2, 0.25) is 0 Å². The summed E-state index contributed by atoms with van der Waals surface area (Å²) >= 11 is 0. The summed E-state index contributed by atoms with van der Waals surface area (Å²) in [5.41, 5.74) is 7.22. The molecule has 4 aromatic rings. The number of benzene rings is 1. The van der Waals surface area contributed by atoms with Crippen molar-refractivity contribution in [1.29, 1.82) is 0 Å². The molecule has 2 aliphatic heterocycles. The van der Waals surface area contributed by atoms with Gasteiger partial charge in [-0.3, -0.25) is 23.3 Å². The summed E-state index contributed by atoms with van der Waals surface area (Å²) in [6, 6.07) is 7.62. The predicted molar refractivity (Wildman–Crippen MR) is 140 cm³/mol. The van der Waals surface area contributed by atoms with Crippen LogP contribution in [0.3, 0.4) is 0 Å². The molecule has 15 nitrogen and oxygen atoms in total. The SMILES string of the molecule is CC1(C)O[C@@H]2[C@H](O1)[C@H](n1cnc3c(=O)[nH]c(N)nc31)O[C@@H]2COS(=O)(=O)NC(=O)CCc1c[nH]c2ccccc12.